The van der Waals surface area contributed by atoms with Crippen LogP contribution in [0.2, 0.25) is 0 Å². The topological polar surface area (TPSA) is 60.4 Å². The summed E-state index contributed by atoms with van der Waals surface area (Å²) in [6.07, 6.45) is 1.09. The fourth-order valence-corrected chi connectivity index (χ4v) is 2.28. The summed E-state index contributed by atoms with van der Waals surface area (Å²) in [5, 5.41) is 0. The molecule has 0 radical (unpaired) electrons. The molecule has 110 valence electrons. The van der Waals surface area contributed by atoms with E-state index in [0.717, 1.165) is 6.26 Å². The van der Waals surface area contributed by atoms with E-state index in [-0.39, 0.29) is 22.9 Å². The fraction of sp³-hybridized carbons (Fsp3) is 0.133. The van der Waals surface area contributed by atoms with Crippen LogP contribution in [0.1, 0.15) is 15.9 Å². The maximum atomic E-state index is 12.7. The summed E-state index contributed by atoms with van der Waals surface area (Å²) < 4.78 is 40.4. The molecule has 0 N–H and O–H groups in total. The molecule has 2 rings (SSSR count). The van der Waals surface area contributed by atoms with Crippen molar-refractivity contribution >= 4 is 15.8 Å². The van der Waals surface area contributed by atoms with Crippen molar-refractivity contribution in [1.82, 2.24) is 0 Å². The largest absolute Gasteiger partial charge is 0.457 e. The van der Waals surface area contributed by atoms with Crippen LogP contribution in [0.4, 0.5) is 4.39 Å². The Morgan fingerprint density at radius 2 is 1.62 bits per heavy atom. The van der Waals surface area contributed by atoms with Crippen LogP contribution in [0.3, 0.4) is 0 Å². The smallest absolute Gasteiger partial charge is 0.338 e. The average Bonchev–Trinajstić information content (AvgIpc) is 2.45. The van der Waals surface area contributed by atoms with Crippen LogP contribution >= 0.6 is 0 Å². The molecule has 6 heteroatoms. The van der Waals surface area contributed by atoms with Crippen molar-refractivity contribution in [2.75, 3.05) is 6.26 Å². The van der Waals surface area contributed by atoms with Crippen LogP contribution in [0.25, 0.3) is 0 Å². The molecule has 0 saturated heterocycles. The van der Waals surface area contributed by atoms with E-state index in [1.54, 1.807) is 0 Å². The van der Waals surface area contributed by atoms with Gasteiger partial charge < -0.3 is 4.74 Å². The van der Waals surface area contributed by atoms with Crippen LogP contribution in [-0.4, -0.2) is 20.6 Å². The van der Waals surface area contributed by atoms with Crippen LogP contribution in [-0.2, 0) is 21.2 Å². The Kier molecular flexibility index (Phi) is 4.37. The van der Waals surface area contributed by atoms with E-state index in [4.69, 9.17) is 4.74 Å². The lowest BCUT2D eigenvalue weighted by Gasteiger charge is -2.05. The first kappa shape index (κ1) is 15.2. The van der Waals surface area contributed by atoms with Crippen LogP contribution < -0.4 is 0 Å². The van der Waals surface area contributed by atoms with Crippen molar-refractivity contribution < 1.29 is 22.3 Å². The summed E-state index contributed by atoms with van der Waals surface area (Å²) in [5.74, 6) is -0.930. The van der Waals surface area contributed by atoms with Gasteiger partial charge in [-0.05, 0) is 42.0 Å². The van der Waals surface area contributed by atoms with Gasteiger partial charge in [-0.1, -0.05) is 12.1 Å². The molecule has 0 bridgehead atoms. The van der Waals surface area contributed by atoms with Crippen LogP contribution in [0, 0.1) is 5.82 Å². The molecule has 0 amide bonds. The van der Waals surface area contributed by atoms with Gasteiger partial charge in [-0.2, -0.15) is 0 Å². The third-order valence-corrected chi connectivity index (χ3v) is 3.93. The van der Waals surface area contributed by atoms with E-state index < -0.39 is 15.8 Å². The standard InChI is InChI=1S/C15H13FO4S/c1-21(18,19)14-8-4-12(5-9-14)15(17)20-10-11-2-6-13(16)7-3-11/h2-9H,10H2,1H3. The number of rotatable bonds is 4. The van der Waals surface area contributed by atoms with Gasteiger partial charge in [0.1, 0.15) is 12.4 Å². The zero-order chi connectivity index (χ0) is 15.5. The van der Waals surface area contributed by atoms with Crippen molar-refractivity contribution in [2.24, 2.45) is 0 Å². The number of ether oxygens (including phenoxy) is 1. The van der Waals surface area contributed by atoms with Gasteiger partial charge in [-0.3, -0.25) is 0 Å². The first-order valence-corrected chi connectivity index (χ1v) is 7.97. The Morgan fingerprint density at radius 3 is 2.14 bits per heavy atom. The molecule has 4 nitrogen and oxygen atoms in total. The van der Waals surface area contributed by atoms with Gasteiger partial charge in [-0.25, -0.2) is 17.6 Å². The number of carbonyl (C=O) groups is 1. The molecule has 0 spiro atoms. The summed E-state index contributed by atoms with van der Waals surface area (Å²) in [6.45, 7) is 0.0208. The van der Waals surface area contributed by atoms with Gasteiger partial charge >= 0.3 is 5.97 Å². The molecule has 0 saturated carbocycles. The molecule has 0 atom stereocenters. The summed E-state index contributed by atoms with van der Waals surface area (Å²) in [4.78, 5) is 11.9. The highest BCUT2D eigenvalue weighted by Gasteiger charge is 2.11. The van der Waals surface area contributed by atoms with E-state index in [1.807, 2.05) is 0 Å². The zero-order valence-electron chi connectivity index (χ0n) is 11.2. The molecule has 0 aliphatic heterocycles. The first-order chi connectivity index (χ1) is 9.86. The van der Waals surface area contributed by atoms with Crippen molar-refractivity contribution in [3.63, 3.8) is 0 Å². The molecular formula is C15H13FO4S. The Morgan fingerprint density at radius 1 is 1.05 bits per heavy atom. The van der Waals surface area contributed by atoms with Gasteiger partial charge in [0.15, 0.2) is 9.84 Å². The maximum Gasteiger partial charge on any atom is 0.338 e. The third kappa shape index (κ3) is 4.13. The Bertz CT molecular complexity index is 734. The minimum atomic E-state index is -3.29. The van der Waals surface area contributed by atoms with E-state index in [2.05, 4.69) is 0 Å². The number of carbonyl (C=O) groups excluding carboxylic acids is 1. The van der Waals surface area contributed by atoms with Crippen LogP contribution in [0.15, 0.2) is 53.4 Å². The van der Waals surface area contributed by atoms with E-state index in [1.165, 1.54) is 48.5 Å². The number of hydrogen-bond donors (Lipinski definition) is 0. The molecule has 2 aromatic carbocycles. The normalized spacial score (nSPS) is 11.1. The number of sulfone groups is 1. The molecule has 0 heterocycles. The van der Waals surface area contributed by atoms with Gasteiger partial charge in [0.25, 0.3) is 0 Å². The zero-order valence-corrected chi connectivity index (χ0v) is 12.1. The minimum Gasteiger partial charge on any atom is -0.457 e. The highest BCUT2D eigenvalue weighted by molar-refractivity contribution is 7.90. The highest BCUT2D eigenvalue weighted by Crippen LogP contribution is 2.12. The second-order valence-electron chi connectivity index (χ2n) is 4.50. The monoisotopic (exact) mass is 308 g/mol. The van der Waals surface area contributed by atoms with Crippen molar-refractivity contribution in [3.8, 4) is 0 Å². The fourth-order valence-electron chi connectivity index (χ4n) is 1.65. The second-order valence-corrected chi connectivity index (χ2v) is 6.51. The summed E-state index contributed by atoms with van der Waals surface area (Å²) in [7, 11) is -3.29. The molecule has 21 heavy (non-hydrogen) atoms. The molecule has 0 fully saturated rings. The van der Waals surface area contributed by atoms with Gasteiger partial charge in [0.05, 0.1) is 10.5 Å². The lowest BCUT2D eigenvalue weighted by molar-refractivity contribution is 0.0472. The Labute approximate surface area is 122 Å². The lowest BCUT2D eigenvalue weighted by atomic mass is 10.2. The predicted molar refractivity (Wildman–Crippen MR) is 75.1 cm³/mol. The van der Waals surface area contributed by atoms with Crippen molar-refractivity contribution in [1.29, 1.82) is 0 Å². The van der Waals surface area contributed by atoms with E-state index in [0.29, 0.717) is 5.56 Å². The summed E-state index contributed by atoms with van der Waals surface area (Å²) in [6, 6.07) is 11.1. The first-order valence-electron chi connectivity index (χ1n) is 6.08. The summed E-state index contributed by atoms with van der Waals surface area (Å²) >= 11 is 0. The van der Waals surface area contributed by atoms with E-state index >= 15 is 0 Å². The quantitative estimate of drug-likeness (QED) is 0.815. The Balaban J connectivity index is 2.02. The van der Waals surface area contributed by atoms with Crippen LogP contribution in [0.5, 0.6) is 0 Å². The average molecular weight is 308 g/mol. The lowest BCUT2D eigenvalue weighted by Crippen LogP contribution is -2.06. The number of esters is 1. The summed E-state index contributed by atoms with van der Waals surface area (Å²) in [5.41, 5.74) is 0.919. The number of benzene rings is 2. The SMILES string of the molecule is CS(=O)(=O)c1ccc(C(=O)OCc2ccc(F)cc2)cc1. The maximum absolute atomic E-state index is 12.7. The van der Waals surface area contributed by atoms with E-state index in [9.17, 15) is 17.6 Å². The highest BCUT2D eigenvalue weighted by atomic mass is 32.2. The molecule has 2 aromatic rings. The molecule has 0 unspecified atom stereocenters. The van der Waals surface area contributed by atoms with Gasteiger partial charge in [-0.15, -0.1) is 0 Å². The van der Waals surface area contributed by atoms with Gasteiger partial charge in [0.2, 0.25) is 0 Å². The Hall–Kier alpha value is -2.21. The molecule has 0 aliphatic carbocycles. The molecular weight excluding hydrogens is 295 g/mol. The number of halogens is 1. The second kappa shape index (κ2) is 6.05. The predicted octanol–water partition coefficient (Wildman–Crippen LogP) is 2.59. The van der Waals surface area contributed by atoms with Gasteiger partial charge in [0, 0.05) is 6.26 Å². The number of hydrogen-bond acceptors (Lipinski definition) is 4. The minimum absolute atomic E-state index is 0.0208. The molecule has 0 aromatic heterocycles. The molecule has 0 aliphatic rings. The van der Waals surface area contributed by atoms with Crippen molar-refractivity contribution in [2.45, 2.75) is 11.5 Å². The third-order valence-electron chi connectivity index (χ3n) is 2.80. The van der Waals surface area contributed by atoms with Crippen molar-refractivity contribution in [3.05, 3.63) is 65.5 Å².